The van der Waals surface area contributed by atoms with Crippen molar-refractivity contribution in [3.8, 4) is 51.0 Å². The van der Waals surface area contributed by atoms with Gasteiger partial charge >= 0.3 is 0 Å². The fourth-order valence-electron chi connectivity index (χ4n) is 9.09. The van der Waals surface area contributed by atoms with Crippen molar-refractivity contribution in [1.29, 1.82) is 0 Å². The van der Waals surface area contributed by atoms with E-state index in [-0.39, 0.29) is 5.92 Å². The van der Waals surface area contributed by atoms with Gasteiger partial charge in [-0.1, -0.05) is 158 Å². The molecular formula is C52H32N4O. The molecule has 0 saturated carbocycles. The Morgan fingerprint density at radius 1 is 0.439 bits per heavy atom. The van der Waals surface area contributed by atoms with Gasteiger partial charge in [-0.05, 0) is 52.1 Å². The Balaban J connectivity index is 1.09. The highest BCUT2D eigenvalue weighted by molar-refractivity contribution is 6.15. The van der Waals surface area contributed by atoms with Crippen LogP contribution in [0, 0.1) is 0 Å². The summed E-state index contributed by atoms with van der Waals surface area (Å²) < 4.78 is 9.20. The molecule has 266 valence electrons. The van der Waals surface area contributed by atoms with Gasteiger partial charge in [0.15, 0.2) is 17.5 Å². The monoisotopic (exact) mass is 728 g/mol. The van der Waals surface area contributed by atoms with E-state index < -0.39 is 0 Å². The standard InChI is InChI=1S/C52H32N4O/c1-4-15-32(16-5-1)46-38-23-11-10-21-36(38)39-29-30-40-37-22-12-13-25-43(37)56(49(40)48(39)46)35-27-28-41-45(31-35)57-44-26-14-24-42(47(41)44)52-54-50(33-17-6-2-7-18-33)53-51(55-52)34-19-8-3-9-20-34/h1-31,46H/t46-/m0/s1. The lowest BCUT2D eigenvalue weighted by molar-refractivity contribution is 0.668. The second-order valence-electron chi connectivity index (χ2n) is 14.7. The van der Waals surface area contributed by atoms with Crippen molar-refractivity contribution in [2.75, 3.05) is 0 Å². The summed E-state index contributed by atoms with van der Waals surface area (Å²) in [6.07, 6.45) is 0. The zero-order chi connectivity index (χ0) is 37.5. The third kappa shape index (κ3) is 4.85. The first kappa shape index (κ1) is 31.7. The Morgan fingerprint density at radius 2 is 1.07 bits per heavy atom. The van der Waals surface area contributed by atoms with Gasteiger partial charge in [0.25, 0.3) is 0 Å². The van der Waals surface area contributed by atoms with Gasteiger partial charge in [-0.3, -0.25) is 0 Å². The van der Waals surface area contributed by atoms with Crippen molar-refractivity contribution in [3.05, 3.63) is 205 Å². The molecule has 0 saturated heterocycles. The minimum Gasteiger partial charge on any atom is -0.456 e. The van der Waals surface area contributed by atoms with Crippen molar-refractivity contribution in [2.24, 2.45) is 0 Å². The molecule has 12 rings (SSSR count). The first-order valence-corrected chi connectivity index (χ1v) is 19.3. The summed E-state index contributed by atoms with van der Waals surface area (Å²) in [5, 5.41) is 4.45. The Labute approximate surface area is 328 Å². The predicted molar refractivity (Wildman–Crippen MR) is 231 cm³/mol. The molecule has 0 fully saturated rings. The number of aromatic nitrogens is 4. The lowest BCUT2D eigenvalue weighted by Crippen LogP contribution is -2.03. The highest BCUT2D eigenvalue weighted by Gasteiger charge is 2.33. The number of para-hydroxylation sites is 1. The number of fused-ring (bicyclic) bond motifs is 10. The topological polar surface area (TPSA) is 56.7 Å². The third-order valence-corrected chi connectivity index (χ3v) is 11.5. The molecular weight excluding hydrogens is 697 g/mol. The number of hydrogen-bond donors (Lipinski definition) is 0. The molecule has 0 radical (unpaired) electrons. The van der Waals surface area contributed by atoms with Gasteiger partial charge in [0, 0.05) is 55.9 Å². The molecule has 11 aromatic rings. The van der Waals surface area contributed by atoms with Crippen LogP contribution in [-0.2, 0) is 0 Å². The van der Waals surface area contributed by atoms with Gasteiger partial charge in [0.1, 0.15) is 11.2 Å². The molecule has 1 aliphatic rings. The highest BCUT2D eigenvalue weighted by Crippen LogP contribution is 2.52. The maximum Gasteiger partial charge on any atom is 0.164 e. The fourth-order valence-corrected chi connectivity index (χ4v) is 9.09. The largest absolute Gasteiger partial charge is 0.456 e. The summed E-state index contributed by atoms with van der Waals surface area (Å²) in [5.41, 5.74) is 14.3. The van der Waals surface area contributed by atoms with Gasteiger partial charge in [0.05, 0.1) is 11.0 Å². The minimum atomic E-state index is 0.101. The number of rotatable bonds is 5. The summed E-state index contributed by atoms with van der Waals surface area (Å²) in [6.45, 7) is 0. The van der Waals surface area contributed by atoms with E-state index in [1.165, 1.54) is 44.1 Å². The lowest BCUT2D eigenvalue weighted by Gasteiger charge is -2.18. The van der Waals surface area contributed by atoms with E-state index in [9.17, 15) is 0 Å². The predicted octanol–water partition coefficient (Wildman–Crippen LogP) is 13.0. The van der Waals surface area contributed by atoms with Gasteiger partial charge < -0.3 is 8.98 Å². The first-order valence-electron chi connectivity index (χ1n) is 19.3. The van der Waals surface area contributed by atoms with Crippen LogP contribution in [0.2, 0.25) is 0 Å². The normalized spacial score (nSPS) is 13.4. The van der Waals surface area contributed by atoms with Gasteiger partial charge in [0.2, 0.25) is 0 Å². The molecule has 0 bridgehead atoms. The van der Waals surface area contributed by atoms with E-state index >= 15 is 0 Å². The SMILES string of the molecule is c1ccc(-c2nc(-c3ccccc3)nc(-c3cccc4oc5cc(-n6c7ccccc7c7ccc8c(c76)[C@@H](c6ccccc6)c6ccccc6-8)ccc5c34)n2)cc1. The summed E-state index contributed by atoms with van der Waals surface area (Å²) in [4.78, 5) is 15.1. The van der Waals surface area contributed by atoms with Crippen LogP contribution in [0.5, 0.6) is 0 Å². The molecule has 1 aliphatic carbocycles. The van der Waals surface area contributed by atoms with Crippen LogP contribution in [0.25, 0.3) is 94.7 Å². The van der Waals surface area contributed by atoms with E-state index in [2.05, 4.69) is 120 Å². The average Bonchev–Trinajstić information content (AvgIpc) is 3.94. The zero-order valence-corrected chi connectivity index (χ0v) is 30.7. The van der Waals surface area contributed by atoms with Crippen molar-refractivity contribution >= 4 is 43.7 Å². The van der Waals surface area contributed by atoms with Gasteiger partial charge in [-0.2, -0.15) is 0 Å². The Bertz CT molecular complexity index is 3290. The van der Waals surface area contributed by atoms with Gasteiger partial charge in [-0.15, -0.1) is 0 Å². The highest BCUT2D eigenvalue weighted by atomic mass is 16.3. The van der Waals surface area contributed by atoms with E-state index in [0.29, 0.717) is 17.5 Å². The molecule has 0 unspecified atom stereocenters. The Kier molecular flexibility index (Phi) is 6.92. The molecule has 0 spiro atoms. The number of nitrogens with zero attached hydrogens (tertiary/aromatic N) is 4. The summed E-state index contributed by atoms with van der Waals surface area (Å²) in [5.74, 6) is 1.95. The number of benzene rings is 8. The van der Waals surface area contributed by atoms with Crippen molar-refractivity contribution < 1.29 is 4.42 Å². The summed E-state index contributed by atoms with van der Waals surface area (Å²) >= 11 is 0. The molecule has 5 nitrogen and oxygen atoms in total. The molecule has 5 heteroatoms. The average molecular weight is 729 g/mol. The summed E-state index contributed by atoms with van der Waals surface area (Å²) in [7, 11) is 0. The lowest BCUT2D eigenvalue weighted by atomic mass is 9.88. The van der Waals surface area contributed by atoms with Crippen LogP contribution in [0.15, 0.2) is 192 Å². The second-order valence-corrected chi connectivity index (χ2v) is 14.7. The molecule has 0 N–H and O–H groups in total. The fraction of sp³-hybridized carbons (Fsp3) is 0.0192. The molecule has 3 aromatic heterocycles. The molecule has 0 aliphatic heterocycles. The maximum atomic E-state index is 6.76. The zero-order valence-electron chi connectivity index (χ0n) is 30.7. The van der Waals surface area contributed by atoms with Crippen molar-refractivity contribution in [1.82, 2.24) is 19.5 Å². The van der Waals surface area contributed by atoms with Crippen LogP contribution in [0.1, 0.15) is 22.6 Å². The first-order chi connectivity index (χ1) is 28.3. The van der Waals surface area contributed by atoms with Crippen LogP contribution in [0.4, 0.5) is 0 Å². The number of hydrogen-bond acceptors (Lipinski definition) is 4. The minimum absolute atomic E-state index is 0.101. The molecule has 57 heavy (non-hydrogen) atoms. The molecule has 3 heterocycles. The maximum absolute atomic E-state index is 6.76. The third-order valence-electron chi connectivity index (χ3n) is 11.5. The van der Waals surface area contributed by atoms with Crippen LogP contribution in [0.3, 0.4) is 0 Å². The van der Waals surface area contributed by atoms with Crippen molar-refractivity contribution in [2.45, 2.75) is 5.92 Å². The van der Waals surface area contributed by atoms with Crippen LogP contribution >= 0.6 is 0 Å². The van der Waals surface area contributed by atoms with E-state index in [1.54, 1.807) is 0 Å². The Morgan fingerprint density at radius 3 is 1.84 bits per heavy atom. The molecule has 0 amide bonds. The quantitative estimate of drug-likeness (QED) is 0.177. The van der Waals surface area contributed by atoms with Crippen molar-refractivity contribution in [3.63, 3.8) is 0 Å². The summed E-state index contributed by atoms with van der Waals surface area (Å²) in [6, 6.07) is 66.2. The van der Waals surface area contributed by atoms with Crippen LogP contribution in [-0.4, -0.2) is 19.5 Å². The van der Waals surface area contributed by atoms with Crippen LogP contribution < -0.4 is 0 Å². The smallest absolute Gasteiger partial charge is 0.164 e. The second kappa shape index (κ2) is 12.4. The van der Waals surface area contributed by atoms with E-state index in [4.69, 9.17) is 19.4 Å². The molecule has 1 atom stereocenters. The van der Waals surface area contributed by atoms with Gasteiger partial charge in [-0.25, -0.2) is 15.0 Å². The number of furan rings is 1. The van der Waals surface area contributed by atoms with E-state index in [1.807, 2.05) is 72.8 Å². The van der Waals surface area contributed by atoms with E-state index in [0.717, 1.165) is 49.8 Å². The Hall–Kier alpha value is -7.63. The molecule has 8 aromatic carbocycles.